The van der Waals surface area contributed by atoms with Crippen molar-refractivity contribution in [1.82, 2.24) is 4.90 Å². The van der Waals surface area contributed by atoms with Gasteiger partial charge in [0.1, 0.15) is 0 Å². The van der Waals surface area contributed by atoms with Gasteiger partial charge in [-0.1, -0.05) is 0 Å². The Morgan fingerprint density at radius 2 is 1.73 bits per heavy atom. The molecule has 0 aromatic heterocycles. The lowest BCUT2D eigenvalue weighted by molar-refractivity contribution is -0.177. The van der Waals surface area contributed by atoms with Gasteiger partial charge in [0, 0.05) is 23.5 Å². The molecular weight excluding hydrogens is 338 g/mol. The predicted octanol–water partition coefficient (Wildman–Crippen LogP) is 1.35. The fraction of sp³-hybridized carbons (Fsp3) is 0.895. The third kappa shape index (κ3) is 4.96. The summed E-state index contributed by atoms with van der Waals surface area (Å²) in [5.74, 6) is -2.31. The summed E-state index contributed by atoms with van der Waals surface area (Å²) in [4.78, 5) is 26.8. The van der Waals surface area contributed by atoms with Crippen LogP contribution in [0.15, 0.2) is 0 Å². The molecule has 0 radical (unpaired) electrons. The van der Waals surface area contributed by atoms with Crippen LogP contribution in [0.4, 0.5) is 0 Å². The van der Waals surface area contributed by atoms with Gasteiger partial charge in [0.05, 0.1) is 38.3 Å². The molecule has 0 aromatic rings. The summed E-state index contributed by atoms with van der Waals surface area (Å²) in [6.07, 6.45) is -0.482. The lowest BCUT2D eigenvalue weighted by Gasteiger charge is -2.59. The molecule has 1 heterocycles. The molecule has 1 aliphatic rings. The van der Waals surface area contributed by atoms with Gasteiger partial charge >= 0.3 is 11.9 Å². The van der Waals surface area contributed by atoms with Gasteiger partial charge in [-0.3, -0.25) is 14.5 Å². The van der Waals surface area contributed by atoms with Gasteiger partial charge in [0.15, 0.2) is 0 Å². The van der Waals surface area contributed by atoms with Crippen molar-refractivity contribution >= 4 is 11.9 Å². The number of likely N-dealkylation sites (tertiary alicyclic amines) is 1. The van der Waals surface area contributed by atoms with Crippen molar-refractivity contribution in [1.29, 1.82) is 0 Å². The average molecular weight is 373 g/mol. The number of carbonyl (C=O) groups is 2. The van der Waals surface area contributed by atoms with Crippen LogP contribution in [0, 0.1) is 11.8 Å². The second-order valence-corrected chi connectivity index (χ2v) is 8.01. The number of aliphatic hydroxyl groups excluding tert-OH is 2. The summed E-state index contributed by atoms with van der Waals surface area (Å²) < 4.78 is 10.2. The minimum absolute atomic E-state index is 0.0301. The van der Waals surface area contributed by atoms with Crippen LogP contribution in [0.2, 0.25) is 0 Å². The molecule has 1 rings (SSSR count). The van der Waals surface area contributed by atoms with E-state index in [9.17, 15) is 19.8 Å². The number of piperidine rings is 1. The van der Waals surface area contributed by atoms with E-state index in [1.165, 1.54) is 0 Å². The van der Waals surface area contributed by atoms with Crippen LogP contribution in [0.3, 0.4) is 0 Å². The summed E-state index contributed by atoms with van der Waals surface area (Å²) in [5, 5.41) is 20.4. The molecule has 0 aliphatic carbocycles. The largest absolute Gasteiger partial charge is 0.466 e. The standard InChI is InChI=1S/C19H35NO6/c1-7-25-15(23)11-13(17(24)26-8-2)16-14(22)12-18(3,4)20(9-10-21)19(16,5)6/h13-14,16,21-22H,7-12H2,1-6H3. The number of nitrogens with zero attached hydrogens (tertiary/aromatic N) is 1. The summed E-state index contributed by atoms with van der Waals surface area (Å²) in [7, 11) is 0. The Hall–Kier alpha value is -1.18. The van der Waals surface area contributed by atoms with E-state index >= 15 is 0 Å². The van der Waals surface area contributed by atoms with Crippen molar-refractivity contribution in [3.63, 3.8) is 0 Å². The molecule has 1 fully saturated rings. The molecule has 7 heteroatoms. The minimum atomic E-state index is -0.809. The zero-order valence-electron chi connectivity index (χ0n) is 16.9. The molecule has 0 spiro atoms. The maximum absolute atomic E-state index is 12.6. The maximum atomic E-state index is 12.6. The number of β-amino-alcohol motifs (C(OH)–C–C–N with tert-alkyl or cyclic N) is 1. The zero-order chi connectivity index (χ0) is 20.1. The van der Waals surface area contributed by atoms with E-state index in [0.717, 1.165) is 0 Å². The summed E-state index contributed by atoms with van der Waals surface area (Å²) in [6.45, 7) is 12.1. The van der Waals surface area contributed by atoms with Gasteiger partial charge in [0.25, 0.3) is 0 Å². The number of carbonyl (C=O) groups excluding carboxylic acids is 2. The molecule has 0 bridgehead atoms. The minimum Gasteiger partial charge on any atom is -0.466 e. The van der Waals surface area contributed by atoms with Crippen LogP contribution in [-0.2, 0) is 19.1 Å². The van der Waals surface area contributed by atoms with Gasteiger partial charge in [-0.25, -0.2) is 0 Å². The van der Waals surface area contributed by atoms with Crippen LogP contribution in [0.25, 0.3) is 0 Å². The Morgan fingerprint density at radius 3 is 2.23 bits per heavy atom. The van der Waals surface area contributed by atoms with Crippen molar-refractivity contribution in [3.05, 3.63) is 0 Å². The topological polar surface area (TPSA) is 96.3 Å². The maximum Gasteiger partial charge on any atom is 0.309 e. The van der Waals surface area contributed by atoms with Crippen molar-refractivity contribution < 1.29 is 29.3 Å². The van der Waals surface area contributed by atoms with E-state index in [-0.39, 0.29) is 31.8 Å². The normalized spacial score (nSPS) is 26.2. The van der Waals surface area contributed by atoms with Crippen LogP contribution >= 0.6 is 0 Å². The highest BCUT2D eigenvalue weighted by atomic mass is 16.5. The molecule has 1 saturated heterocycles. The summed E-state index contributed by atoms with van der Waals surface area (Å²) >= 11 is 0. The van der Waals surface area contributed by atoms with E-state index < -0.39 is 35.4 Å². The first kappa shape index (κ1) is 22.9. The lowest BCUT2D eigenvalue weighted by atomic mass is 9.65. The lowest BCUT2D eigenvalue weighted by Crippen LogP contribution is -2.69. The fourth-order valence-electron chi connectivity index (χ4n) is 4.64. The Balaban J connectivity index is 3.27. The van der Waals surface area contributed by atoms with Crippen LogP contribution in [-0.4, -0.2) is 70.6 Å². The first-order chi connectivity index (χ1) is 12.0. The van der Waals surface area contributed by atoms with Crippen molar-refractivity contribution in [2.75, 3.05) is 26.4 Å². The molecular formula is C19H35NO6. The molecule has 7 nitrogen and oxygen atoms in total. The highest BCUT2D eigenvalue weighted by molar-refractivity contribution is 5.80. The van der Waals surface area contributed by atoms with Gasteiger partial charge in [-0.15, -0.1) is 0 Å². The average Bonchev–Trinajstić information content (AvgIpc) is 2.50. The highest BCUT2D eigenvalue weighted by Gasteiger charge is 2.55. The third-order valence-corrected chi connectivity index (χ3v) is 5.40. The number of esters is 2. The van der Waals surface area contributed by atoms with E-state index in [0.29, 0.717) is 13.0 Å². The number of hydrogen-bond donors (Lipinski definition) is 2. The molecule has 152 valence electrons. The molecule has 0 aromatic carbocycles. The third-order valence-electron chi connectivity index (χ3n) is 5.40. The number of hydrogen-bond acceptors (Lipinski definition) is 7. The molecule has 0 saturated carbocycles. The first-order valence-corrected chi connectivity index (χ1v) is 9.41. The van der Waals surface area contributed by atoms with E-state index in [2.05, 4.69) is 4.90 Å². The predicted molar refractivity (Wildman–Crippen MR) is 97.4 cm³/mol. The second kappa shape index (κ2) is 9.15. The Morgan fingerprint density at radius 1 is 1.15 bits per heavy atom. The van der Waals surface area contributed by atoms with Gasteiger partial charge in [-0.2, -0.15) is 0 Å². The number of ether oxygens (including phenoxy) is 2. The fourth-order valence-corrected chi connectivity index (χ4v) is 4.64. The van der Waals surface area contributed by atoms with Crippen LogP contribution < -0.4 is 0 Å². The van der Waals surface area contributed by atoms with Crippen molar-refractivity contribution in [2.24, 2.45) is 11.8 Å². The smallest absolute Gasteiger partial charge is 0.309 e. The molecule has 0 amide bonds. The monoisotopic (exact) mass is 373 g/mol. The Labute approximate surface area is 156 Å². The highest BCUT2D eigenvalue weighted by Crippen LogP contribution is 2.46. The van der Waals surface area contributed by atoms with E-state index in [1.807, 2.05) is 27.7 Å². The van der Waals surface area contributed by atoms with Gasteiger partial charge in [0.2, 0.25) is 0 Å². The SMILES string of the molecule is CCOC(=O)CC(C(=O)OCC)C1C(O)CC(C)(C)N(CCO)C1(C)C. The van der Waals surface area contributed by atoms with Crippen LogP contribution in [0.1, 0.15) is 54.4 Å². The molecule has 3 atom stereocenters. The van der Waals surface area contributed by atoms with E-state index in [1.54, 1.807) is 13.8 Å². The quantitative estimate of drug-likeness (QED) is 0.620. The van der Waals surface area contributed by atoms with Crippen molar-refractivity contribution in [2.45, 2.75) is 71.6 Å². The number of rotatable bonds is 8. The number of aliphatic hydroxyl groups is 2. The second-order valence-electron chi connectivity index (χ2n) is 8.01. The Kier molecular flexibility index (Phi) is 8.04. The molecule has 2 N–H and O–H groups in total. The molecule has 3 unspecified atom stereocenters. The molecule has 1 aliphatic heterocycles. The van der Waals surface area contributed by atoms with E-state index in [4.69, 9.17) is 9.47 Å². The summed E-state index contributed by atoms with van der Waals surface area (Å²) in [6, 6.07) is 0. The molecule has 26 heavy (non-hydrogen) atoms. The Bertz CT molecular complexity index is 490. The zero-order valence-corrected chi connectivity index (χ0v) is 16.9. The first-order valence-electron chi connectivity index (χ1n) is 9.41. The van der Waals surface area contributed by atoms with Crippen LogP contribution in [0.5, 0.6) is 0 Å². The van der Waals surface area contributed by atoms with Gasteiger partial charge < -0.3 is 19.7 Å². The van der Waals surface area contributed by atoms with Crippen molar-refractivity contribution in [3.8, 4) is 0 Å². The summed E-state index contributed by atoms with van der Waals surface area (Å²) in [5.41, 5.74) is -0.987. The van der Waals surface area contributed by atoms with Gasteiger partial charge in [-0.05, 0) is 48.0 Å².